The zero-order valence-corrected chi connectivity index (χ0v) is 16.1. The molecule has 2 aromatic carbocycles. The minimum Gasteiger partial charge on any atom is -0.383 e. The van der Waals surface area contributed by atoms with Crippen LogP contribution in [0.25, 0.3) is 28.0 Å². The van der Waals surface area contributed by atoms with Gasteiger partial charge < -0.3 is 10.6 Å². The van der Waals surface area contributed by atoms with Crippen molar-refractivity contribution < 1.29 is 4.39 Å². The van der Waals surface area contributed by atoms with E-state index in [0.29, 0.717) is 34.1 Å². The van der Waals surface area contributed by atoms with Crippen LogP contribution in [0, 0.1) is 12.7 Å². The number of hydrogen-bond acceptors (Lipinski definition) is 5. The van der Waals surface area contributed by atoms with E-state index < -0.39 is 0 Å². The average Bonchev–Trinajstić information content (AvgIpc) is 3.36. The van der Waals surface area contributed by atoms with Crippen molar-refractivity contribution >= 4 is 22.8 Å². The van der Waals surface area contributed by atoms with Crippen LogP contribution in [0.5, 0.6) is 0 Å². The fraction of sp³-hybridized carbons (Fsp3) is 0.227. The summed E-state index contributed by atoms with van der Waals surface area (Å²) >= 11 is 0. The highest BCUT2D eigenvalue weighted by molar-refractivity contribution is 5.99. The topological polar surface area (TPSA) is 72.9 Å². The molecule has 1 aliphatic heterocycles. The molecule has 0 saturated carbocycles. The molecular weight excluding hydrogens is 367 g/mol. The largest absolute Gasteiger partial charge is 0.383 e. The zero-order valence-electron chi connectivity index (χ0n) is 16.1. The first-order valence-corrected chi connectivity index (χ1v) is 9.74. The molecule has 6 nitrogen and oxygen atoms in total. The third-order valence-corrected chi connectivity index (χ3v) is 5.29. The summed E-state index contributed by atoms with van der Waals surface area (Å²) in [5, 5.41) is 5.32. The normalized spacial score (nSPS) is 14.1. The number of rotatable bonds is 3. The third kappa shape index (κ3) is 3.08. The van der Waals surface area contributed by atoms with Crippen molar-refractivity contribution in [2.75, 3.05) is 23.7 Å². The Bertz CT molecular complexity index is 1210. The highest BCUT2D eigenvalue weighted by Gasteiger charge is 2.23. The standard InChI is InChI=1S/C22H21FN6/c1-14-6-4-9-17(12-14)29-20(24)18-19(15-7-5-8-16(23)13-15)25-22(26-21(18)27-29)28-10-2-3-11-28/h4-9,12-13H,2-3,10-11,24H2,1H3. The Kier molecular flexibility index (Phi) is 4.16. The van der Waals surface area contributed by atoms with Crippen molar-refractivity contribution in [3.8, 4) is 16.9 Å². The Morgan fingerprint density at radius 3 is 2.55 bits per heavy atom. The first-order valence-electron chi connectivity index (χ1n) is 9.74. The number of benzene rings is 2. The van der Waals surface area contributed by atoms with Gasteiger partial charge in [0.25, 0.3) is 0 Å². The maximum absolute atomic E-state index is 14.0. The van der Waals surface area contributed by atoms with Gasteiger partial charge in [-0.2, -0.15) is 4.98 Å². The molecule has 0 aliphatic carbocycles. The summed E-state index contributed by atoms with van der Waals surface area (Å²) in [5.41, 5.74) is 10.3. The van der Waals surface area contributed by atoms with E-state index in [0.717, 1.165) is 37.2 Å². The van der Waals surface area contributed by atoms with Crippen LogP contribution >= 0.6 is 0 Å². The quantitative estimate of drug-likeness (QED) is 0.572. The molecule has 7 heteroatoms. The Morgan fingerprint density at radius 2 is 1.79 bits per heavy atom. The summed E-state index contributed by atoms with van der Waals surface area (Å²) < 4.78 is 15.6. The summed E-state index contributed by atoms with van der Waals surface area (Å²) in [6, 6.07) is 14.3. The second kappa shape index (κ2) is 6.84. The molecule has 0 bridgehead atoms. The molecule has 29 heavy (non-hydrogen) atoms. The zero-order chi connectivity index (χ0) is 20.0. The highest BCUT2D eigenvalue weighted by Crippen LogP contribution is 2.34. The molecule has 1 fully saturated rings. The van der Waals surface area contributed by atoms with Crippen LogP contribution < -0.4 is 10.6 Å². The predicted octanol–water partition coefficient (Wildman–Crippen LogP) is 4.11. The summed E-state index contributed by atoms with van der Waals surface area (Å²) in [4.78, 5) is 11.6. The predicted molar refractivity (Wildman–Crippen MR) is 113 cm³/mol. The Labute approximate surface area is 167 Å². The first kappa shape index (κ1) is 17.6. The molecule has 0 unspecified atom stereocenters. The highest BCUT2D eigenvalue weighted by atomic mass is 19.1. The van der Waals surface area contributed by atoms with Crippen LogP contribution in [0.4, 0.5) is 16.2 Å². The van der Waals surface area contributed by atoms with Gasteiger partial charge in [-0.3, -0.25) is 0 Å². The first-order chi connectivity index (χ1) is 14.1. The van der Waals surface area contributed by atoms with Crippen molar-refractivity contribution in [1.82, 2.24) is 19.7 Å². The van der Waals surface area contributed by atoms with Gasteiger partial charge in [-0.1, -0.05) is 24.3 Å². The summed E-state index contributed by atoms with van der Waals surface area (Å²) in [6.45, 7) is 3.83. The Balaban J connectivity index is 1.78. The van der Waals surface area contributed by atoms with E-state index >= 15 is 0 Å². The van der Waals surface area contributed by atoms with E-state index in [9.17, 15) is 4.39 Å². The fourth-order valence-corrected chi connectivity index (χ4v) is 3.86. The number of anilines is 2. The fourth-order valence-electron chi connectivity index (χ4n) is 3.86. The number of nitrogens with two attached hydrogens (primary N) is 1. The van der Waals surface area contributed by atoms with Gasteiger partial charge in [0, 0.05) is 18.7 Å². The lowest BCUT2D eigenvalue weighted by Crippen LogP contribution is -2.20. The SMILES string of the molecule is Cc1cccc(-n2nc3nc(N4CCCC4)nc(-c4cccc(F)c4)c3c2N)c1. The smallest absolute Gasteiger partial charge is 0.228 e. The molecule has 0 radical (unpaired) electrons. The van der Waals surface area contributed by atoms with E-state index in [1.54, 1.807) is 10.7 Å². The van der Waals surface area contributed by atoms with Crippen LogP contribution in [0.2, 0.25) is 0 Å². The number of fused-ring (bicyclic) bond motifs is 1. The van der Waals surface area contributed by atoms with Gasteiger partial charge >= 0.3 is 0 Å². The lowest BCUT2D eigenvalue weighted by atomic mass is 10.1. The molecule has 5 rings (SSSR count). The van der Waals surface area contributed by atoms with Gasteiger partial charge in [0.05, 0.1) is 16.8 Å². The Morgan fingerprint density at radius 1 is 1.00 bits per heavy atom. The van der Waals surface area contributed by atoms with E-state index in [-0.39, 0.29) is 5.82 Å². The molecule has 2 N–H and O–H groups in total. The van der Waals surface area contributed by atoms with Gasteiger partial charge in [-0.25, -0.2) is 14.1 Å². The number of aryl methyl sites for hydroxylation is 1. The monoisotopic (exact) mass is 388 g/mol. The van der Waals surface area contributed by atoms with Crippen molar-refractivity contribution in [3.63, 3.8) is 0 Å². The average molecular weight is 388 g/mol. The molecular formula is C22H21FN6. The van der Waals surface area contributed by atoms with Gasteiger partial charge in [0.2, 0.25) is 5.95 Å². The van der Waals surface area contributed by atoms with Gasteiger partial charge in [0.15, 0.2) is 5.65 Å². The number of aromatic nitrogens is 4. The van der Waals surface area contributed by atoms with Crippen LogP contribution in [0.3, 0.4) is 0 Å². The number of nitrogen functional groups attached to an aromatic ring is 1. The molecule has 1 saturated heterocycles. The van der Waals surface area contributed by atoms with Crippen LogP contribution in [-0.2, 0) is 0 Å². The molecule has 2 aromatic heterocycles. The molecule has 4 aromatic rings. The van der Waals surface area contributed by atoms with E-state index in [2.05, 4.69) is 10.00 Å². The summed E-state index contributed by atoms with van der Waals surface area (Å²) in [7, 11) is 0. The van der Waals surface area contributed by atoms with E-state index in [1.165, 1.54) is 12.1 Å². The number of hydrogen-bond donors (Lipinski definition) is 1. The van der Waals surface area contributed by atoms with Crippen LogP contribution in [0.1, 0.15) is 18.4 Å². The second-order valence-electron chi connectivity index (χ2n) is 7.41. The molecule has 3 heterocycles. The van der Waals surface area contributed by atoms with Gasteiger partial charge in [-0.15, -0.1) is 5.10 Å². The maximum Gasteiger partial charge on any atom is 0.228 e. The van der Waals surface area contributed by atoms with Gasteiger partial charge in [-0.05, 0) is 49.6 Å². The lowest BCUT2D eigenvalue weighted by molar-refractivity contribution is 0.628. The van der Waals surface area contributed by atoms with Crippen LogP contribution in [-0.4, -0.2) is 32.8 Å². The van der Waals surface area contributed by atoms with Crippen molar-refractivity contribution in [2.45, 2.75) is 19.8 Å². The number of nitrogens with zero attached hydrogens (tertiary/aromatic N) is 5. The van der Waals surface area contributed by atoms with Gasteiger partial charge in [0.1, 0.15) is 11.6 Å². The van der Waals surface area contributed by atoms with E-state index in [4.69, 9.17) is 15.7 Å². The minimum absolute atomic E-state index is 0.318. The third-order valence-electron chi connectivity index (χ3n) is 5.29. The van der Waals surface area contributed by atoms with Crippen molar-refractivity contribution in [1.29, 1.82) is 0 Å². The van der Waals surface area contributed by atoms with E-state index in [1.807, 2.05) is 37.3 Å². The second-order valence-corrected chi connectivity index (χ2v) is 7.41. The molecule has 0 atom stereocenters. The lowest BCUT2D eigenvalue weighted by Gasteiger charge is -2.16. The molecule has 0 amide bonds. The van der Waals surface area contributed by atoms with Crippen molar-refractivity contribution in [3.05, 3.63) is 59.9 Å². The molecule has 146 valence electrons. The summed E-state index contributed by atoms with van der Waals surface area (Å²) in [6.07, 6.45) is 2.22. The van der Waals surface area contributed by atoms with Crippen LogP contribution in [0.15, 0.2) is 48.5 Å². The van der Waals surface area contributed by atoms with Crippen molar-refractivity contribution in [2.24, 2.45) is 0 Å². The number of halogens is 1. The maximum atomic E-state index is 14.0. The molecule has 1 aliphatic rings. The molecule has 0 spiro atoms. The summed E-state index contributed by atoms with van der Waals surface area (Å²) in [5.74, 6) is 0.739. The Hall–Kier alpha value is -3.48. The minimum atomic E-state index is -0.318.